The SMILES string of the molecule is COCC(C)CNc1cc(C(N)=S)c2ccccc2n1. The van der Waals surface area contributed by atoms with Crippen LogP contribution in [0.3, 0.4) is 0 Å². The normalized spacial score (nSPS) is 12.3. The standard InChI is InChI=1S/C15H19N3OS/c1-10(9-19-2)8-17-14-7-12(15(16)20)11-5-3-4-6-13(11)18-14/h3-7,10H,8-9H2,1-2H3,(H2,16,20)(H,17,18). The molecule has 1 heterocycles. The molecule has 3 N–H and O–H groups in total. The van der Waals surface area contributed by atoms with Crippen LogP contribution in [0.2, 0.25) is 0 Å². The third kappa shape index (κ3) is 3.43. The molecule has 2 aromatic rings. The van der Waals surface area contributed by atoms with Crippen molar-refractivity contribution in [3.63, 3.8) is 0 Å². The van der Waals surface area contributed by atoms with E-state index in [2.05, 4.69) is 17.2 Å². The lowest BCUT2D eigenvalue weighted by Crippen LogP contribution is -2.17. The summed E-state index contributed by atoms with van der Waals surface area (Å²) in [5.74, 6) is 1.19. The van der Waals surface area contributed by atoms with Gasteiger partial charge in [-0.25, -0.2) is 4.98 Å². The smallest absolute Gasteiger partial charge is 0.127 e. The topological polar surface area (TPSA) is 60.2 Å². The van der Waals surface area contributed by atoms with Crippen LogP contribution in [0.5, 0.6) is 0 Å². The largest absolute Gasteiger partial charge is 0.389 e. The summed E-state index contributed by atoms with van der Waals surface area (Å²) < 4.78 is 5.12. The van der Waals surface area contributed by atoms with E-state index in [0.29, 0.717) is 17.5 Å². The van der Waals surface area contributed by atoms with E-state index in [-0.39, 0.29) is 0 Å². The molecule has 20 heavy (non-hydrogen) atoms. The van der Waals surface area contributed by atoms with Gasteiger partial charge in [0.25, 0.3) is 0 Å². The summed E-state index contributed by atoms with van der Waals surface area (Å²) in [7, 11) is 1.70. The number of thiocarbonyl (C=S) groups is 1. The zero-order valence-electron chi connectivity index (χ0n) is 11.7. The Labute approximate surface area is 124 Å². The van der Waals surface area contributed by atoms with Gasteiger partial charge in [0.15, 0.2) is 0 Å². The fourth-order valence-electron chi connectivity index (χ4n) is 2.09. The van der Waals surface area contributed by atoms with Crippen LogP contribution in [0, 0.1) is 5.92 Å². The lowest BCUT2D eigenvalue weighted by molar-refractivity contribution is 0.164. The molecule has 0 aliphatic heterocycles. The highest BCUT2D eigenvalue weighted by Crippen LogP contribution is 2.20. The maximum atomic E-state index is 5.81. The van der Waals surface area contributed by atoms with Crippen LogP contribution >= 0.6 is 12.2 Å². The number of rotatable bonds is 6. The molecule has 0 fully saturated rings. The number of nitrogens with zero attached hydrogens (tertiary/aromatic N) is 1. The Morgan fingerprint density at radius 3 is 2.90 bits per heavy atom. The number of aromatic nitrogens is 1. The molecule has 0 spiro atoms. The van der Waals surface area contributed by atoms with Gasteiger partial charge in [-0.2, -0.15) is 0 Å². The highest BCUT2D eigenvalue weighted by molar-refractivity contribution is 7.80. The van der Waals surface area contributed by atoms with E-state index in [1.807, 2.05) is 30.3 Å². The summed E-state index contributed by atoms with van der Waals surface area (Å²) in [6.45, 7) is 3.62. The maximum Gasteiger partial charge on any atom is 0.127 e. The number of pyridine rings is 1. The van der Waals surface area contributed by atoms with Gasteiger partial charge in [-0.05, 0) is 18.1 Å². The number of hydrogen-bond donors (Lipinski definition) is 2. The molecule has 0 radical (unpaired) electrons. The molecule has 106 valence electrons. The highest BCUT2D eigenvalue weighted by Gasteiger charge is 2.08. The number of anilines is 1. The van der Waals surface area contributed by atoms with Crippen molar-refractivity contribution in [2.75, 3.05) is 25.6 Å². The molecule has 2 rings (SSSR count). The number of nitrogens with two attached hydrogens (primary N) is 1. The molecule has 0 aliphatic rings. The molecule has 5 heteroatoms. The fraction of sp³-hybridized carbons (Fsp3) is 0.333. The summed E-state index contributed by atoms with van der Waals surface area (Å²) in [5.41, 5.74) is 7.55. The van der Waals surface area contributed by atoms with E-state index < -0.39 is 0 Å². The Morgan fingerprint density at radius 2 is 2.20 bits per heavy atom. The maximum absolute atomic E-state index is 5.81. The third-order valence-electron chi connectivity index (χ3n) is 3.06. The van der Waals surface area contributed by atoms with Crippen LogP contribution in [0.1, 0.15) is 12.5 Å². The molecule has 0 saturated carbocycles. The van der Waals surface area contributed by atoms with E-state index in [4.69, 9.17) is 22.7 Å². The van der Waals surface area contributed by atoms with Crippen molar-refractivity contribution in [1.29, 1.82) is 0 Å². The molecule has 1 aromatic carbocycles. The molecule has 1 aromatic heterocycles. The molecule has 0 bridgehead atoms. The van der Waals surface area contributed by atoms with E-state index in [9.17, 15) is 0 Å². The molecule has 1 unspecified atom stereocenters. The summed E-state index contributed by atoms with van der Waals surface area (Å²) in [6, 6.07) is 9.76. The first-order valence-corrected chi connectivity index (χ1v) is 6.95. The van der Waals surface area contributed by atoms with Gasteiger partial charge >= 0.3 is 0 Å². The van der Waals surface area contributed by atoms with Gasteiger partial charge in [0.1, 0.15) is 10.8 Å². The average molecular weight is 289 g/mol. The second-order valence-electron chi connectivity index (χ2n) is 4.88. The Morgan fingerprint density at radius 1 is 1.45 bits per heavy atom. The van der Waals surface area contributed by atoms with Gasteiger partial charge < -0.3 is 15.8 Å². The van der Waals surface area contributed by atoms with Crippen LogP contribution in [0.4, 0.5) is 5.82 Å². The molecule has 4 nitrogen and oxygen atoms in total. The van der Waals surface area contributed by atoms with E-state index in [1.54, 1.807) is 7.11 Å². The van der Waals surface area contributed by atoms with Gasteiger partial charge in [-0.1, -0.05) is 37.3 Å². The molecule has 1 atom stereocenters. The molecule has 0 saturated heterocycles. The molecular formula is C15H19N3OS. The van der Waals surface area contributed by atoms with Crippen LogP contribution in [0.25, 0.3) is 10.9 Å². The monoisotopic (exact) mass is 289 g/mol. The zero-order chi connectivity index (χ0) is 14.5. The van der Waals surface area contributed by atoms with Gasteiger partial charge in [-0.15, -0.1) is 0 Å². The summed E-state index contributed by atoms with van der Waals surface area (Å²) in [4.78, 5) is 4.97. The van der Waals surface area contributed by atoms with Crippen molar-refractivity contribution in [3.05, 3.63) is 35.9 Å². The van der Waals surface area contributed by atoms with Gasteiger partial charge in [0.05, 0.1) is 12.1 Å². The first kappa shape index (κ1) is 14.7. The van der Waals surface area contributed by atoms with Crippen molar-refractivity contribution >= 4 is 33.9 Å². The number of benzene rings is 1. The third-order valence-corrected chi connectivity index (χ3v) is 3.28. The van der Waals surface area contributed by atoms with E-state index >= 15 is 0 Å². The Bertz CT molecular complexity index is 615. The summed E-state index contributed by atoms with van der Waals surface area (Å²) >= 11 is 5.13. The van der Waals surface area contributed by atoms with Crippen molar-refractivity contribution in [2.45, 2.75) is 6.92 Å². The van der Waals surface area contributed by atoms with Crippen LogP contribution in [-0.2, 0) is 4.74 Å². The zero-order valence-corrected chi connectivity index (χ0v) is 12.5. The Kier molecular flexibility index (Phi) is 4.87. The van der Waals surface area contributed by atoms with Crippen molar-refractivity contribution in [3.8, 4) is 0 Å². The number of nitrogens with one attached hydrogen (secondary N) is 1. The van der Waals surface area contributed by atoms with Crippen LogP contribution < -0.4 is 11.1 Å². The second kappa shape index (κ2) is 6.63. The first-order chi connectivity index (χ1) is 9.61. The number of hydrogen-bond acceptors (Lipinski definition) is 4. The van der Waals surface area contributed by atoms with Gasteiger partial charge in [-0.3, -0.25) is 0 Å². The molecule has 0 amide bonds. The molecule has 0 aliphatic carbocycles. The average Bonchev–Trinajstić information content (AvgIpc) is 2.44. The lowest BCUT2D eigenvalue weighted by Gasteiger charge is -2.14. The minimum absolute atomic E-state index is 0.386. The van der Waals surface area contributed by atoms with Crippen molar-refractivity contribution in [1.82, 2.24) is 4.98 Å². The summed E-state index contributed by atoms with van der Waals surface area (Å²) in [5, 5.41) is 4.29. The number of ether oxygens (including phenoxy) is 1. The Hall–Kier alpha value is -1.72. The quantitative estimate of drug-likeness (QED) is 0.800. The minimum atomic E-state index is 0.386. The minimum Gasteiger partial charge on any atom is -0.389 e. The Balaban J connectivity index is 2.28. The first-order valence-electron chi connectivity index (χ1n) is 6.54. The van der Waals surface area contributed by atoms with Crippen molar-refractivity contribution < 1.29 is 4.74 Å². The van der Waals surface area contributed by atoms with Gasteiger partial charge in [0.2, 0.25) is 0 Å². The number of methoxy groups -OCH3 is 1. The lowest BCUT2D eigenvalue weighted by atomic mass is 10.1. The fourth-order valence-corrected chi connectivity index (χ4v) is 2.26. The highest BCUT2D eigenvalue weighted by atomic mass is 32.1. The van der Waals surface area contributed by atoms with Crippen molar-refractivity contribution in [2.24, 2.45) is 11.7 Å². The molecular weight excluding hydrogens is 270 g/mol. The van der Waals surface area contributed by atoms with Crippen LogP contribution in [-0.4, -0.2) is 30.2 Å². The summed E-state index contributed by atoms with van der Waals surface area (Å²) in [6.07, 6.45) is 0. The number of para-hydroxylation sites is 1. The van der Waals surface area contributed by atoms with E-state index in [0.717, 1.165) is 28.8 Å². The van der Waals surface area contributed by atoms with Crippen LogP contribution in [0.15, 0.2) is 30.3 Å². The van der Waals surface area contributed by atoms with Gasteiger partial charge in [0, 0.05) is 24.6 Å². The predicted molar refractivity (Wildman–Crippen MR) is 87.2 cm³/mol. The second-order valence-corrected chi connectivity index (χ2v) is 5.32. The van der Waals surface area contributed by atoms with E-state index in [1.165, 1.54) is 0 Å². The predicted octanol–water partition coefficient (Wildman–Crippen LogP) is 2.56. The number of fused-ring (bicyclic) bond motifs is 1.